The average Bonchev–Trinajstić information content (AvgIpc) is 3.15. The van der Waals surface area contributed by atoms with E-state index in [1.807, 2.05) is 55.5 Å². The highest BCUT2D eigenvalue weighted by Crippen LogP contribution is 2.27. The van der Waals surface area contributed by atoms with Gasteiger partial charge in [-0.15, -0.1) is 11.3 Å². The van der Waals surface area contributed by atoms with E-state index < -0.39 is 6.10 Å². The third-order valence-electron chi connectivity index (χ3n) is 5.53. The molecule has 0 bridgehead atoms. The molecule has 0 aliphatic carbocycles. The van der Waals surface area contributed by atoms with Crippen molar-refractivity contribution < 1.29 is 14.6 Å². The fraction of sp³-hybridized carbons (Fsp3) is 0.458. The van der Waals surface area contributed by atoms with E-state index in [1.165, 1.54) is 0 Å². The summed E-state index contributed by atoms with van der Waals surface area (Å²) in [6, 6.07) is 15.9. The zero-order valence-corrected chi connectivity index (χ0v) is 19.1. The van der Waals surface area contributed by atoms with Crippen LogP contribution in [-0.2, 0) is 0 Å². The molecule has 31 heavy (non-hydrogen) atoms. The molecule has 2 aromatic carbocycles. The quantitative estimate of drug-likeness (QED) is 0.510. The number of ether oxygens (including phenoxy) is 2. The van der Waals surface area contributed by atoms with Crippen LogP contribution in [0.5, 0.6) is 11.5 Å². The van der Waals surface area contributed by atoms with Gasteiger partial charge in [-0.2, -0.15) is 0 Å². The zero-order valence-electron chi connectivity index (χ0n) is 18.2. The van der Waals surface area contributed by atoms with Gasteiger partial charge in [0.2, 0.25) is 0 Å². The average molecular weight is 442 g/mol. The van der Waals surface area contributed by atoms with Crippen molar-refractivity contribution in [1.29, 1.82) is 0 Å². The molecule has 1 aromatic heterocycles. The highest BCUT2D eigenvalue weighted by molar-refractivity contribution is 7.18. The third kappa shape index (κ3) is 5.95. The van der Waals surface area contributed by atoms with Gasteiger partial charge < -0.3 is 19.5 Å². The minimum Gasteiger partial charge on any atom is -0.494 e. The summed E-state index contributed by atoms with van der Waals surface area (Å²) in [4.78, 5) is 9.24. The summed E-state index contributed by atoms with van der Waals surface area (Å²) in [5.74, 6) is 1.68. The Balaban J connectivity index is 1.25. The summed E-state index contributed by atoms with van der Waals surface area (Å²) < 4.78 is 13.2. The van der Waals surface area contributed by atoms with Crippen LogP contribution in [-0.4, -0.2) is 71.6 Å². The van der Waals surface area contributed by atoms with Gasteiger partial charge in [-0.25, -0.2) is 4.98 Å². The molecule has 0 spiro atoms. The molecule has 0 radical (unpaired) electrons. The number of thiazole rings is 1. The number of rotatable bonds is 9. The smallest absolute Gasteiger partial charge is 0.178 e. The number of hydrogen-bond acceptors (Lipinski definition) is 7. The van der Waals surface area contributed by atoms with Crippen LogP contribution in [0.15, 0.2) is 48.5 Å². The van der Waals surface area contributed by atoms with Crippen molar-refractivity contribution in [3.63, 3.8) is 0 Å². The Morgan fingerprint density at radius 2 is 1.84 bits per heavy atom. The number of aliphatic hydroxyl groups excluding tert-OH is 1. The van der Waals surface area contributed by atoms with E-state index >= 15 is 0 Å². The van der Waals surface area contributed by atoms with Gasteiger partial charge in [0.05, 0.1) is 21.8 Å². The second-order valence-electron chi connectivity index (χ2n) is 8.00. The Bertz CT molecular complexity index is 955. The molecule has 6 nitrogen and oxygen atoms in total. The summed E-state index contributed by atoms with van der Waals surface area (Å²) in [6.07, 6.45) is 0.0533. The van der Waals surface area contributed by atoms with Crippen LogP contribution >= 0.6 is 11.3 Å². The molecule has 0 saturated carbocycles. The van der Waals surface area contributed by atoms with E-state index in [1.54, 1.807) is 18.3 Å². The number of fused-ring (bicyclic) bond motifs is 1. The molecule has 2 atom stereocenters. The van der Waals surface area contributed by atoms with E-state index in [0.29, 0.717) is 0 Å². The van der Waals surface area contributed by atoms with Crippen LogP contribution in [0.25, 0.3) is 10.2 Å². The van der Waals surface area contributed by atoms with Crippen LogP contribution in [0.2, 0.25) is 0 Å². The standard InChI is InChI=1S/C24H31N3O3S/c1-18(28)24(30-21-9-10-23-22(17-21)25-19(2)31-23)27-14-12-26(13-15-27)11-6-16-29-20-7-4-3-5-8-20/h3-5,7-10,17-18,24,28H,6,11-16H2,1-2H3/t18-,24?/m1/s1. The van der Waals surface area contributed by atoms with E-state index in [2.05, 4.69) is 14.8 Å². The molecule has 4 rings (SSSR count). The van der Waals surface area contributed by atoms with Gasteiger partial charge >= 0.3 is 0 Å². The minimum atomic E-state index is -0.585. The number of hydrogen-bond donors (Lipinski definition) is 1. The number of piperazine rings is 1. The van der Waals surface area contributed by atoms with Crippen LogP contribution in [0.3, 0.4) is 0 Å². The number of para-hydroxylation sites is 1. The van der Waals surface area contributed by atoms with Gasteiger partial charge in [0.15, 0.2) is 6.23 Å². The molecule has 1 aliphatic heterocycles. The molecule has 1 saturated heterocycles. The predicted molar refractivity (Wildman–Crippen MR) is 125 cm³/mol. The Morgan fingerprint density at radius 3 is 2.58 bits per heavy atom. The lowest BCUT2D eigenvalue weighted by Gasteiger charge is -2.40. The van der Waals surface area contributed by atoms with Crippen molar-refractivity contribution in [3.8, 4) is 11.5 Å². The molecule has 1 unspecified atom stereocenters. The lowest BCUT2D eigenvalue weighted by molar-refractivity contribution is -0.0745. The first-order valence-corrected chi connectivity index (χ1v) is 11.8. The molecule has 1 aliphatic rings. The number of aromatic nitrogens is 1. The van der Waals surface area contributed by atoms with E-state index in [4.69, 9.17) is 9.47 Å². The van der Waals surface area contributed by atoms with Crippen molar-refractivity contribution in [2.75, 3.05) is 39.3 Å². The SMILES string of the molecule is Cc1nc2cc(OC([C@@H](C)O)N3CCN(CCCOc4ccccc4)CC3)ccc2s1. The summed E-state index contributed by atoms with van der Waals surface area (Å²) >= 11 is 1.68. The van der Waals surface area contributed by atoms with Crippen LogP contribution in [0.1, 0.15) is 18.4 Å². The Labute approximate surface area is 188 Å². The molecule has 3 aromatic rings. The first-order valence-electron chi connectivity index (χ1n) is 10.9. The first-order chi connectivity index (χ1) is 15.1. The second kappa shape index (κ2) is 10.4. The highest BCUT2D eigenvalue weighted by atomic mass is 32.1. The molecular weight excluding hydrogens is 410 g/mol. The highest BCUT2D eigenvalue weighted by Gasteiger charge is 2.28. The maximum absolute atomic E-state index is 10.4. The van der Waals surface area contributed by atoms with Crippen molar-refractivity contribution in [2.24, 2.45) is 0 Å². The number of aliphatic hydroxyl groups is 1. The Hall–Kier alpha value is -2.19. The maximum atomic E-state index is 10.4. The van der Waals surface area contributed by atoms with E-state index in [0.717, 1.165) is 72.5 Å². The monoisotopic (exact) mass is 441 g/mol. The molecule has 1 N–H and O–H groups in total. The third-order valence-corrected chi connectivity index (χ3v) is 6.48. The number of benzene rings is 2. The lowest BCUT2D eigenvalue weighted by atomic mass is 10.2. The summed E-state index contributed by atoms with van der Waals surface area (Å²) in [5.41, 5.74) is 0.951. The Morgan fingerprint density at radius 1 is 1.06 bits per heavy atom. The predicted octanol–water partition coefficient (Wildman–Crippen LogP) is 3.78. The summed E-state index contributed by atoms with van der Waals surface area (Å²) in [7, 11) is 0. The molecule has 166 valence electrons. The first kappa shape index (κ1) is 22.0. The molecule has 0 amide bonds. The zero-order chi connectivity index (χ0) is 21.6. The van der Waals surface area contributed by atoms with Gasteiger partial charge in [0, 0.05) is 38.8 Å². The Kier molecular flexibility index (Phi) is 7.40. The summed E-state index contributed by atoms with van der Waals surface area (Å²) in [6.45, 7) is 9.20. The number of nitrogens with zero attached hydrogens (tertiary/aromatic N) is 3. The fourth-order valence-corrected chi connectivity index (χ4v) is 4.76. The van der Waals surface area contributed by atoms with Crippen molar-refractivity contribution in [2.45, 2.75) is 32.6 Å². The molecular formula is C24H31N3O3S. The van der Waals surface area contributed by atoms with Crippen molar-refractivity contribution >= 4 is 21.6 Å². The van der Waals surface area contributed by atoms with E-state index in [-0.39, 0.29) is 6.23 Å². The van der Waals surface area contributed by atoms with Gasteiger partial charge in [-0.3, -0.25) is 4.90 Å². The van der Waals surface area contributed by atoms with Gasteiger partial charge in [0.25, 0.3) is 0 Å². The fourth-order valence-electron chi connectivity index (χ4n) is 3.95. The van der Waals surface area contributed by atoms with Crippen LogP contribution in [0.4, 0.5) is 0 Å². The van der Waals surface area contributed by atoms with Crippen LogP contribution < -0.4 is 9.47 Å². The molecule has 1 fully saturated rings. The molecule has 2 heterocycles. The topological polar surface area (TPSA) is 58.1 Å². The molecule has 7 heteroatoms. The normalized spacial score (nSPS) is 17.5. The van der Waals surface area contributed by atoms with Gasteiger partial charge in [0.1, 0.15) is 17.6 Å². The minimum absolute atomic E-state index is 0.360. The van der Waals surface area contributed by atoms with Gasteiger partial charge in [-0.05, 0) is 44.5 Å². The largest absolute Gasteiger partial charge is 0.494 e. The van der Waals surface area contributed by atoms with Crippen molar-refractivity contribution in [1.82, 2.24) is 14.8 Å². The van der Waals surface area contributed by atoms with Gasteiger partial charge in [-0.1, -0.05) is 18.2 Å². The summed E-state index contributed by atoms with van der Waals surface area (Å²) in [5, 5.41) is 11.4. The lowest BCUT2D eigenvalue weighted by Crippen LogP contribution is -2.55. The van der Waals surface area contributed by atoms with E-state index in [9.17, 15) is 5.11 Å². The van der Waals surface area contributed by atoms with Crippen molar-refractivity contribution in [3.05, 3.63) is 53.5 Å². The maximum Gasteiger partial charge on any atom is 0.178 e. The number of aryl methyl sites for hydroxylation is 1. The van der Waals surface area contributed by atoms with Crippen LogP contribution in [0, 0.1) is 6.92 Å². The second-order valence-corrected chi connectivity index (χ2v) is 9.24.